The van der Waals surface area contributed by atoms with Gasteiger partial charge in [0.05, 0.1) is 24.4 Å². The van der Waals surface area contributed by atoms with Crippen molar-refractivity contribution in [2.24, 2.45) is 0 Å². The van der Waals surface area contributed by atoms with Crippen LogP contribution in [0.5, 0.6) is 11.5 Å². The molecule has 0 aliphatic heterocycles. The van der Waals surface area contributed by atoms with Gasteiger partial charge in [0.2, 0.25) is 0 Å². The lowest BCUT2D eigenvalue weighted by molar-refractivity contribution is 0.252. The van der Waals surface area contributed by atoms with Gasteiger partial charge < -0.3 is 9.47 Å². The van der Waals surface area contributed by atoms with Crippen LogP contribution in [-0.2, 0) is 6.54 Å². The highest BCUT2D eigenvalue weighted by Crippen LogP contribution is 2.38. The van der Waals surface area contributed by atoms with Crippen LogP contribution < -0.4 is 9.47 Å². The lowest BCUT2D eigenvalue weighted by Crippen LogP contribution is -2.22. The van der Waals surface area contributed by atoms with E-state index >= 15 is 0 Å². The number of ether oxygens (including phenoxy) is 2. The second-order valence-electron chi connectivity index (χ2n) is 6.30. The predicted molar refractivity (Wildman–Crippen MR) is 108 cm³/mol. The summed E-state index contributed by atoms with van der Waals surface area (Å²) in [6, 6.07) is 12.6. The van der Waals surface area contributed by atoms with Gasteiger partial charge in [-0.3, -0.25) is 4.90 Å². The number of nitrogens with zero attached hydrogens (tertiary/aromatic N) is 4. The van der Waals surface area contributed by atoms with Crippen LogP contribution in [0.15, 0.2) is 53.5 Å². The number of methoxy groups -OCH3 is 2. The Morgan fingerprint density at radius 1 is 1.11 bits per heavy atom. The minimum atomic E-state index is 0.245. The van der Waals surface area contributed by atoms with Crippen LogP contribution >= 0.6 is 15.9 Å². The molecule has 0 bridgehead atoms. The van der Waals surface area contributed by atoms with E-state index in [2.05, 4.69) is 75.2 Å². The van der Waals surface area contributed by atoms with Gasteiger partial charge in [-0.2, -0.15) is 5.10 Å². The summed E-state index contributed by atoms with van der Waals surface area (Å²) in [5.41, 5.74) is 3.37. The fourth-order valence-electron chi connectivity index (χ4n) is 2.96. The molecule has 0 radical (unpaired) electrons. The van der Waals surface area contributed by atoms with E-state index in [0.29, 0.717) is 11.5 Å². The maximum Gasteiger partial charge on any atom is 0.175 e. The summed E-state index contributed by atoms with van der Waals surface area (Å²) in [7, 11) is 5.40. The van der Waals surface area contributed by atoms with Gasteiger partial charge in [0.25, 0.3) is 0 Å². The third kappa shape index (κ3) is 4.14. The van der Waals surface area contributed by atoms with Gasteiger partial charge in [0, 0.05) is 12.6 Å². The molecule has 0 amide bonds. The first-order valence-corrected chi connectivity index (χ1v) is 9.39. The topological polar surface area (TPSA) is 52.4 Å². The SMILES string of the molecule is COc1ccc(CN(C)C(C)c2ccc(-n3cncn3)cc2)c(Br)c1OC. The standard InChI is InChI=1S/C20H23BrN4O2/c1-14(15-5-8-17(9-6-15)25-13-22-12-23-25)24(2)11-16-7-10-18(26-3)20(27-4)19(16)21/h5-10,12-14H,11H2,1-4H3. The molecule has 0 spiro atoms. The van der Waals surface area contributed by atoms with E-state index < -0.39 is 0 Å². The highest BCUT2D eigenvalue weighted by Gasteiger charge is 2.17. The summed E-state index contributed by atoms with van der Waals surface area (Å²) >= 11 is 3.65. The Hall–Kier alpha value is -2.38. The molecular weight excluding hydrogens is 408 g/mol. The Kier molecular flexibility index (Phi) is 6.13. The minimum absolute atomic E-state index is 0.245. The van der Waals surface area contributed by atoms with Crippen molar-refractivity contribution in [2.45, 2.75) is 19.5 Å². The van der Waals surface area contributed by atoms with Crippen molar-refractivity contribution >= 4 is 15.9 Å². The van der Waals surface area contributed by atoms with Crippen molar-refractivity contribution in [3.63, 3.8) is 0 Å². The highest BCUT2D eigenvalue weighted by molar-refractivity contribution is 9.10. The second-order valence-corrected chi connectivity index (χ2v) is 7.09. The zero-order valence-electron chi connectivity index (χ0n) is 15.9. The number of hydrogen-bond donors (Lipinski definition) is 0. The molecule has 0 aliphatic carbocycles. The van der Waals surface area contributed by atoms with Gasteiger partial charge in [0.1, 0.15) is 12.7 Å². The van der Waals surface area contributed by atoms with E-state index in [9.17, 15) is 0 Å². The van der Waals surface area contributed by atoms with E-state index in [0.717, 1.165) is 22.3 Å². The summed E-state index contributed by atoms with van der Waals surface area (Å²) in [6.07, 6.45) is 3.23. The molecule has 27 heavy (non-hydrogen) atoms. The Morgan fingerprint density at radius 3 is 2.44 bits per heavy atom. The maximum absolute atomic E-state index is 5.48. The van der Waals surface area contributed by atoms with Gasteiger partial charge in [-0.25, -0.2) is 9.67 Å². The van der Waals surface area contributed by atoms with Crippen molar-refractivity contribution in [3.8, 4) is 17.2 Å². The lowest BCUT2D eigenvalue weighted by atomic mass is 10.1. The predicted octanol–water partition coefficient (Wildman–Crippen LogP) is 4.24. The van der Waals surface area contributed by atoms with Gasteiger partial charge in [-0.15, -0.1) is 0 Å². The van der Waals surface area contributed by atoms with E-state index in [1.807, 2.05) is 6.07 Å². The molecule has 0 saturated heterocycles. The monoisotopic (exact) mass is 430 g/mol. The van der Waals surface area contributed by atoms with Crippen LogP contribution in [0.3, 0.4) is 0 Å². The largest absolute Gasteiger partial charge is 0.493 e. The summed E-state index contributed by atoms with van der Waals surface area (Å²) < 4.78 is 13.5. The van der Waals surface area contributed by atoms with Crippen LogP contribution in [0.2, 0.25) is 0 Å². The van der Waals surface area contributed by atoms with Crippen molar-refractivity contribution in [1.29, 1.82) is 0 Å². The first-order chi connectivity index (χ1) is 13.0. The molecule has 3 aromatic rings. The van der Waals surface area contributed by atoms with Crippen LogP contribution in [0.4, 0.5) is 0 Å². The Morgan fingerprint density at radius 2 is 1.85 bits per heavy atom. The Balaban J connectivity index is 1.75. The third-order valence-corrected chi connectivity index (χ3v) is 5.57. The minimum Gasteiger partial charge on any atom is -0.493 e. The second kappa shape index (κ2) is 8.54. The van der Waals surface area contributed by atoms with Crippen molar-refractivity contribution in [3.05, 3.63) is 64.7 Å². The summed E-state index contributed by atoms with van der Waals surface area (Å²) in [4.78, 5) is 6.27. The smallest absolute Gasteiger partial charge is 0.175 e. The van der Waals surface area contributed by atoms with Gasteiger partial charge in [-0.1, -0.05) is 18.2 Å². The first kappa shape index (κ1) is 19.4. The molecule has 2 aromatic carbocycles. The van der Waals surface area contributed by atoms with E-state index in [1.165, 1.54) is 11.9 Å². The zero-order chi connectivity index (χ0) is 19.4. The van der Waals surface area contributed by atoms with Crippen LogP contribution in [-0.4, -0.2) is 40.9 Å². The molecule has 6 nitrogen and oxygen atoms in total. The van der Waals surface area contributed by atoms with Crippen LogP contribution in [0, 0.1) is 0 Å². The average molecular weight is 431 g/mol. The number of halogens is 1. The number of benzene rings is 2. The van der Waals surface area contributed by atoms with Crippen molar-refractivity contribution < 1.29 is 9.47 Å². The molecule has 3 rings (SSSR count). The lowest BCUT2D eigenvalue weighted by Gasteiger charge is -2.26. The molecule has 142 valence electrons. The van der Waals surface area contributed by atoms with Crippen molar-refractivity contribution in [1.82, 2.24) is 19.7 Å². The summed E-state index contributed by atoms with van der Waals surface area (Å²) in [5, 5.41) is 4.16. The zero-order valence-corrected chi connectivity index (χ0v) is 17.5. The van der Waals surface area contributed by atoms with Gasteiger partial charge >= 0.3 is 0 Å². The molecule has 0 aliphatic rings. The summed E-state index contributed by atoms with van der Waals surface area (Å²) in [5.74, 6) is 1.43. The van der Waals surface area contributed by atoms with E-state index in [-0.39, 0.29) is 6.04 Å². The van der Waals surface area contributed by atoms with Gasteiger partial charge in [-0.05, 0) is 59.2 Å². The molecule has 1 unspecified atom stereocenters. The normalized spacial score (nSPS) is 12.2. The van der Waals surface area contributed by atoms with Crippen LogP contribution in [0.1, 0.15) is 24.1 Å². The van der Waals surface area contributed by atoms with Gasteiger partial charge in [0.15, 0.2) is 11.5 Å². The van der Waals surface area contributed by atoms with E-state index in [4.69, 9.17) is 9.47 Å². The molecule has 0 N–H and O–H groups in total. The third-order valence-electron chi connectivity index (χ3n) is 4.70. The Labute approximate surface area is 167 Å². The first-order valence-electron chi connectivity index (χ1n) is 8.59. The fourth-order valence-corrected chi connectivity index (χ4v) is 3.57. The number of aromatic nitrogens is 3. The molecule has 1 heterocycles. The number of rotatable bonds is 7. The average Bonchev–Trinajstić information content (AvgIpc) is 3.23. The van der Waals surface area contributed by atoms with Crippen molar-refractivity contribution in [2.75, 3.05) is 21.3 Å². The molecular formula is C20H23BrN4O2. The maximum atomic E-state index is 5.48. The summed E-state index contributed by atoms with van der Waals surface area (Å²) in [6.45, 7) is 2.96. The fraction of sp³-hybridized carbons (Fsp3) is 0.300. The number of hydrogen-bond acceptors (Lipinski definition) is 5. The quantitative estimate of drug-likeness (QED) is 0.560. The highest BCUT2D eigenvalue weighted by atomic mass is 79.9. The molecule has 0 fully saturated rings. The molecule has 1 aromatic heterocycles. The Bertz CT molecular complexity index is 882. The van der Waals surface area contributed by atoms with Crippen LogP contribution in [0.25, 0.3) is 5.69 Å². The molecule has 1 atom stereocenters. The molecule has 0 saturated carbocycles. The van der Waals surface area contributed by atoms with E-state index in [1.54, 1.807) is 25.2 Å². The molecule has 7 heteroatoms.